The minimum absolute atomic E-state index is 0.150. The predicted octanol–water partition coefficient (Wildman–Crippen LogP) is 0.350. The summed E-state index contributed by atoms with van der Waals surface area (Å²) in [5.41, 5.74) is 5.06. The molecule has 0 heterocycles. The lowest BCUT2D eigenvalue weighted by Gasteiger charge is -2.27. The van der Waals surface area contributed by atoms with E-state index in [0.717, 1.165) is 6.42 Å². The maximum Gasteiger partial charge on any atom is 0.318 e. The summed E-state index contributed by atoms with van der Waals surface area (Å²) in [4.78, 5) is 21.5. The van der Waals surface area contributed by atoms with Crippen molar-refractivity contribution in [2.45, 2.75) is 39.2 Å². The molecule has 1 saturated carbocycles. The Morgan fingerprint density at radius 3 is 2.60 bits per heavy atom. The van der Waals surface area contributed by atoms with Crippen molar-refractivity contribution in [2.24, 2.45) is 11.1 Å². The molecule has 0 aliphatic heterocycles. The summed E-state index contributed by atoms with van der Waals surface area (Å²) in [5, 5.41) is 5.19. The summed E-state index contributed by atoms with van der Waals surface area (Å²) in [6.45, 7) is 4.52. The number of nitrogens with two attached hydrogens (primary N) is 1. The number of imide groups is 1. The summed E-state index contributed by atoms with van der Waals surface area (Å²) >= 11 is 0. The van der Waals surface area contributed by atoms with E-state index in [2.05, 4.69) is 19.2 Å². The molecule has 5 nitrogen and oxygen atoms in total. The van der Waals surface area contributed by atoms with Gasteiger partial charge in [-0.05, 0) is 18.3 Å². The van der Waals surface area contributed by atoms with Gasteiger partial charge in [-0.3, -0.25) is 10.1 Å². The number of carbonyl (C=O) groups is 2. The summed E-state index contributed by atoms with van der Waals surface area (Å²) < 4.78 is 0. The van der Waals surface area contributed by atoms with Gasteiger partial charge in [0, 0.05) is 6.04 Å². The van der Waals surface area contributed by atoms with Crippen molar-refractivity contribution in [2.75, 3.05) is 6.54 Å². The molecule has 1 atom stereocenters. The molecule has 0 bridgehead atoms. The third-order valence-electron chi connectivity index (χ3n) is 3.03. The van der Waals surface area contributed by atoms with Crippen molar-refractivity contribution in [1.29, 1.82) is 0 Å². The quantitative estimate of drug-likeness (QED) is 0.632. The van der Waals surface area contributed by atoms with E-state index < -0.39 is 6.03 Å². The Morgan fingerprint density at radius 2 is 2.13 bits per heavy atom. The molecular weight excluding hydrogens is 194 g/mol. The zero-order valence-corrected chi connectivity index (χ0v) is 9.30. The van der Waals surface area contributed by atoms with Crippen molar-refractivity contribution in [3.63, 3.8) is 0 Å². The van der Waals surface area contributed by atoms with Crippen LogP contribution in [0, 0.1) is 5.41 Å². The van der Waals surface area contributed by atoms with Gasteiger partial charge in [0.05, 0.1) is 6.54 Å². The maximum absolute atomic E-state index is 11.1. The van der Waals surface area contributed by atoms with Gasteiger partial charge in [0.1, 0.15) is 0 Å². The van der Waals surface area contributed by atoms with Crippen molar-refractivity contribution in [3.8, 4) is 0 Å². The number of hydrogen-bond acceptors (Lipinski definition) is 3. The van der Waals surface area contributed by atoms with Crippen molar-refractivity contribution >= 4 is 11.9 Å². The van der Waals surface area contributed by atoms with Gasteiger partial charge < -0.3 is 11.1 Å². The molecule has 0 aromatic carbocycles. The largest absolute Gasteiger partial charge is 0.351 e. The number of urea groups is 1. The Morgan fingerprint density at radius 1 is 1.47 bits per heavy atom. The van der Waals surface area contributed by atoms with Gasteiger partial charge in [-0.15, -0.1) is 0 Å². The van der Waals surface area contributed by atoms with Crippen LogP contribution in [0.3, 0.4) is 0 Å². The molecule has 0 aromatic rings. The van der Waals surface area contributed by atoms with E-state index >= 15 is 0 Å². The second-order valence-corrected chi connectivity index (χ2v) is 4.73. The minimum Gasteiger partial charge on any atom is -0.351 e. The first kappa shape index (κ1) is 12.0. The van der Waals surface area contributed by atoms with Crippen molar-refractivity contribution < 1.29 is 9.59 Å². The zero-order chi connectivity index (χ0) is 11.5. The number of carbonyl (C=O) groups excluding carboxylic acids is 2. The fraction of sp³-hybridized carbons (Fsp3) is 0.800. The molecule has 3 amide bonds. The fourth-order valence-corrected chi connectivity index (χ4v) is 2.10. The molecule has 5 heteroatoms. The molecule has 1 fully saturated rings. The van der Waals surface area contributed by atoms with Crippen LogP contribution in [-0.4, -0.2) is 24.5 Å². The highest BCUT2D eigenvalue weighted by molar-refractivity contribution is 5.94. The molecule has 4 N–H and O–H groups in total. The second-order valence-electron chi connectivity index (χ2n) is 4.73. The summed E-state index contributed by atoms with van der Waals surface area (Å²) in [6.07, 6.45) is 3.43. The Hall–Kier alpha value is -1.10. The number of primary amides is 1. The average molecular weight is 213 g/mol. The van der Waals surface area contributed by atoms with Gasteiger partial charge >= 0.3 is 6.03 Å². The van der Waals surface area contributed by atoms with E-state index in [4.69, 9.17) is 5.73 Å². The topological polar surface area (TPSA) is 84.2 Å². The lowest BCUT2D eigenvalue weighted by atomic mass is 9.87. The first-order valence-electron chi connectivity index (χ1n) is 5.24. The molecule has 1 unspecified atom stereocenters. The zero-order valence-electron chi connectivity index (χ0n) is 9.30. The first-order valence-corrected chi connectivity index (χ1v) is 5.24. The van der Waals surface area contributed by atoms with E-state index in [1.54, 1.807) is 0 Å². The number of hydrogen-bond donors (Lipinski definition) is 3. The Labute approximate surface area is 89.8 Å². The SMILES string of the molecule is CC1(C)CCCC1NCC(=O)NC(N)=O. The molecule has 1 rings (SSSR count). The van der Waals surface area contributed by atoms with E-state index in [1.165, 1.54) is 12.8 Å². The van der Waals surface area contributed by atoms with Crippen LogP contribution >= 0.6 is 0 Å². The lowest BCUT2D eigenvalue weighted by Crippen LogP contribution is -2.46. The number of amides is 3. The highest BCUT2D eigenvalue weighted by Gasteiger charge is 2.34. The van der Waals surface area contributed by atoms with Crippen LogP contribution in [0.5, 0.6) is 0 Å². The number of nitrogens with one attached hydrogen (secondary N) is 2. The minimum atomic E-state index is -0.799. The maximum atomic E-state index is 11.1. The molecule has 1 aliphatic rings. The Balaban J connectivity index is 2.31. The fourth-order valence-electron chi connectivity index (χ4n) is 2.10. The van der Waals surface area contributed by atoms with Crippen LogP contribution in [-0.2, 0) is 4.79 Å². The van der Waals surface area contributed by atoms with Gasteiger partial charge in [-0.2, -0.15) is 0 Å². The summed E-state index contributed by atoms with van der Waals surface area (Å²) in [5.74, 6) is -0.370. The van der Waals surface area contributed by atoms with Crippen LogP contribution in [0.25, 0.3) is 0 Å². The van der Waals surface area contributed by atoms with E-state index in [-0.39, 0.29) is 17.9 Å². The van der Waals surface area contributed by atoms with Crippen LogP contribution in [0.15, 0.2) is 0 Å². The Bertz CT molecular complexity index is 263. The van der Waals surface area contributed by atoms with Crippen LogP contribution in [0.4, 0.5) is 4.79 Å². The van der Waals surface area contributed by atoms with Crippen molar-refractivity contribution in [3.05, 3.63) is 0 Å². The molecule has 86 valence electrons. The third kappa shape index (κ3) is 3.51. The standard InChI is InChI=1S/C10H19N3O2/c1-10(2)5-3-4-7(10)12-6-8(14)13-9(11)15/h7,12H,3-6H2,1-2H3,(H3,11,13,14,15). The summed E-state index contributed by atoms with van der Waals surface area (Å²) in [6, 6.07) is -0.455. The molecule has 15 heavy (non-hydrogen) atoms. The normalized spacial score (nSPS) is 23.7. The van der Waals surface area contributed by atoms with Crippen LogP contribution in [0.2, 0.25) is 0 Å². The molecule has 1 aliphatic carbocycles. The second kappa shape index (κ2) is 4.61. The molecule has 0 aromatic heterocycles. The van der Waals surface area contributed by atoms with Gasteiger partial charge in [0.2, 0.25) is 5.91 Å². The van der Waals surface area contributed by atoms with Gasteiger partial charge in [-0.25, -0.2) is 4.79 Å². The third-order valence-corrected chi connectivity index (χ3v) is 3.03. The predicted molar refractivity (Wildman–Crippen MR) is 57.1 cm³/mol. The monoisotopic (exact) mass is 213 g/mol. The van der Waals surface area contributed by atoms with Crippen LogP contribution < -0.4 is 16.4 Å². The molecule has 0 spiro atoms. The smallest absolute Gasteiger partial charge is 0.318 e. The van der Waals surface area contributed by atoms with Gasteiger partial charge in [0.25, 0.3) is 0 Å². The molecule has 0 radical (unpaired) electrons. The highest BCUT2D eigenvalue weighted by Crippen LogP contribution is 2.36. The first-order chi connectivity index (χ1) is 6.92. The van der Waals surface area contributed by atoms with Gasteiger partial charge in [0.15, 0.2) is 0 Å². The van der Waals surface area contributed by atoms with Crippen molar-refractivity contribution in [1.82, 2.24) is 10.6 Å². The summed E-state index contributed by atoms with van der Waals surface area (Å²) in [7, 11) is 0. The molecular formula is C10H19N3O2. The van der Waals surface area contributed by atoms with Gasteiger partial charge in [-0.1, -0.05) is 20.3 Å². The molecule has 0 saturated heterocycles. The van der Waals surface area contributed by atoms with E-state index in [1.807, 2.05) is 5.32 Å². The van der Waals surface area contributed by atoms with E-state index in [9.17, 15) is 9.59 Å². The lowest BCUT2D eigenvalue weighted by molar-refractivity contribution is -0.119. The number of rotatable bonds is 3. The van der Waals surface area contributed by atoms with E-state index in [0.29, 0.717) is 6.04 Å². The van der Waals surface area contributed by atoms with Crippen LogP contribution in [0.1, 0.15) is 33.1 Å². The Kier molecular flexibility index (Phi) is 3.68. The average Bonchev–Trinajstić information content (AvgIpc) is 2.40. The highest BCUT2D eigenvalue weighted by atomic mass is 16.2.